The normalized spacial score (nSPS) is 16.1. The minimum atomic E-state index is -1.12. The van der Waals surface area contributed by atoms with Crippen molar-refractivity contribution in [1.82, 2.24) is 15.1 Å². The lowest BCUT2D eigenvalue weighted by molar-refractivity contribution is -0.133. The number of carboxylic acids is 1. The number of hydrogen-bond donors (Lipinski definition) is 1. The quantitative estimate of drug-likeness (QED) is 0.750. The van der Waals surface area contributed by atoms with Gasteiger partial charge in [-0.2, -0.15) is 10.1 Å². The summed E-state index contributed by atoms with van der Waals surface area (Å²) in [6.45, 7) is 0.0200. The Balaban J connectivity index is 2.15. The van der Waals surface area contributed by atoms with Gasteiger partial charge in [-0.25, -0.2) is 9.80 Å². The van der Waals surface area contributed by atoms with E-state index in [1.807, 2.05) is 0 Å². The van der Waals surface area contributed by atoms with E-state index in [0.717, 1.165) is 11.4 Å². The topological polar surface area (TPSA) is 109 Å². The predicted octanol–water partition coefficient (Wildman–Crippen LogP) is -0.367. The van der Waals surface area contributed by atoms with Gasteiger partial charge in [0.25, 0.3) is 0 Å². The SMILES string of the molecule is O=C(O)C1=NN(Cc2ncon2)C(=O)CC1. The summed E-state index contributed by atoms with van der Waals surface area (Å²) in [5.41, 5.74) is -0.0388. The van der Waals surface area contributed by atoms with Crippen LogP contribution in [0.5, 0.6) is 0 Å². The number of aliphatic carboxylic acids is 1. The molecule has 0 saturated carbocycles. The summed E-state index contributed by atoms with van der Waals surface area (Å²) in [6, 6.07) is 0. The van der Waals surface area contributed by atoms with Crippen molar-refractivity contribution >= 4 is 17.6 Å². The number of aromatic nitrogens is 2. The van der Waals surface area contributed by atoms with E-state index < -0.39 is 5.97 Å². The number of hydrogen-bond acceptors (Lipinski definition) is 6. The molecule has 1 amide bonds. The zero-order valence-corrected chi connectivity index (χ0v) is 8.16. The molecule has 0 atom stereocenters. The molecule has 8 heteroatoms. The van der Waals surface area contributed by atoms with Crippen molar-refractivity contribution in [2.75, 3.05) is 0 Å². The molecule has 2 rings (SSSR count). The molecule has 1 aromatic rings. The Hall–Kier alpha value is -2.25. The highest BCUT2D eigenvalue weighted by molar-refractivity contribution is 6.36. The van der Waals surface area contributed by atoms with Crippen LogP contribution in [0.1, 0.15) is 18.7 Å². The van der Waals surface area contributed by atoms with Crippen LogP contribution in [-0.4, -0.2) is 37.8 Å². The Kier molecular flexibility index (Phi) is 2.63. The fourth-order valence-electron chi connectivity index (χ4n) is 1.28. The van der Waals surface area contributed by atoms with Gasteiger partial charge in [-0.3, -0.25) is 4.79 Å². The minimum Gasteiger partial charge on any atom is -0.477 e. The third-order valence-electron chi connectivity index (χ3n) is 2.05. The van der Waals surface area contributed by atoms with Crippen LogP contribution < -0.4 is 0 Å². The summed E-state index contributed by atoms with van der Waals surface area (Å²) in [5.74, 6) is -1.09. The molecule has 0 radical (unpaired) electrons. The van der Waals surface area contributed by atoms with Crippen LogP contribution in [0.4, 0.5) is 0 Å². The van der Waals surface area contributed by atoms with Gasteiger partial charge in [-0.1, -0.05) is 5.16 Å². The van der Waals surface area contributed by atoms with Gasteiger partial charge in [0.15, 0.2) is 5.82 Å². The molecule has 0 spiro atoms. The molecule has 0 aliphatic carbocycles. The smallest absolute Gasteiger partial charge is 0.352 e. The molecular formula is C8H8N4O4. The van der Waals surface area contributed by atoms with Crippen molar-refractivity contribution in [3.63, 3.8) is 0 Å². The molecule has 0 aromatic carbocycles. The second-order valence-corrected chi connectivity index (χ2v) is 3.15. The maximum absolute atomic E-state index is 11.4. The van der Waals surface area contributed by atoms with Crippen LogP contribution in [0.15, 0.2) is 16.0 Å². The average Bonchev–Trinajstić information content (AvgIpc) is 2.73. The lowest BCUT2D eigenvalue weighted by Crippen LogP contribution is -2.34. The number of hydrazone groups is 1. The first-order valence-electron chi connectivity index (χ1n) is 4.53. The van der Waals surface area contributed by atoms with E-state index in [4.69, 9.17) is 5.11 Å². The molecule has 1 N–H and O–H groups in total. The Morgan fingerprint density at radius 1 is 1.56 bits per heavy atom. The Morgan fingerprint density at radius 2 is 2.38 bits per heavy atom. The van der Waals surface area contributed by atoms with Crippen molar-refractivity contribution < 1.29 is 19.2 Å². The highest BCUT2D eigenvalue weighted by Gasteiger charge is 2.24. The van der Waals surface area contributed by atoms with Crippen molar-refractivity contribution in [3.05, 3.63) is 12.2 Å². The van der Waals surface area contributed by atoms with Gasteiger partial charge in [-0.05, 0) is 0 Å². The fraction of sp³-hybridized carbons (Fsp3) is 0.375. The van der Waals surface area contributed by atoms with Crippen molar-refractivity contribution in [2.45, 2.75) is 19.4 Å². The largest absolute Gasteiger partial charge is 0.477 e. The Morgan fingerprint density at radius 3 is 3.00 bits per heavy atom. The highest BCUT2D eigenvalue weighted by Crippen LogP contribution is 2.11. The summed E-state index contributed by atoms with van der Waals surface area (Å²) >= 11 is 0. The molecule has 1 aromatic heterocycles. The van der Waals surface area contributed by atoms with E-state index in [1.54, 1.807) is 0 Å². The van der Waals surface area contributed by atoms with E-state index >= 15 is 0 Å². The molecule has 16 heavy (non-hydrogen) atoms. The van der Waals surface area contributed by atoms with Crippen LogP contribution in [0.25, 0.3) is 0 Å². The first-order valence-corrected chi connectivity index (χ1v) is 4.53. The minimum absolute atomic E-state index is 0.0200. The van der Waals surface area contributed by atoms with Crippen molar-refractivity contribution in [1.29, 1.82) is 0 Å². The number of carbonyl (C=O) groups excluding carboxylic acids is 1. The number of carbonyl (C=O) groups is 2. The van der Waals surface area contributed by atoms with Crippen molar-refractivity contribution in [2.24, 2.45) is 5.10 Å². The molecule has 8 nitrogen and oxygen atoms in total. The molecule has 1 aliphatic rings. The maximum Gasteiger partial charge on any atom is 0.352 e. The lowest BCUT2D eigenvalue weighted by Gasteiger charge is -2.20. The van der Waals surface area contributed by atoms with Gasteiger partial charge in [0.2, 0.25) is 12.3 Å². The molecule has 0 saturated heterocycles. The van der Waals surface area contributed by atoms with E-state index in [0.29, 0.717) is 0 Å². The first-order chi connectivity index (χ1) is 7.66. The molecule has 0 bridgehead atoms. The maximum atomic E-state index is 11.4. The van der Waals surface area contributed by atoms with Crippen LogP contribution in [0.2, 0.25) is 0 Å². The predicted molar refractivity (Wildman–Crippen MR) is 49.2 cm³/mol. The molecular weight excluding hydrogens is 216 g/mol. The van der Waals surface area contributed by atoms with Crippen LogP contribution in [-0.2, 0) is 16.1 Å². The summed E-state index contributed by atoms with van der Waals surface area (Å²) in [6.07, 6.45) is 1.41. The summed E-state index contributed by atoms with van der Waals surface area (Å²) in [4.78, 5) is 25.8. The first kappa shape index (κ1) is 10.3. The van der Waals surface area contributed by atoms with Gasteiger partial charge >= 0.3 is 5.97 Å². The van der Waals surface area contributed by atoms with E-state index in [2.05, 4.69) is 19.8 Å². The molecule has 2 heterocycles. The Bertz CT molecular complexity index is 439. The van der Waals surface area contributed by atoms with Gasteiger partial charge in [0, 0.05) is 12.8 Å². The molecule has 0 unspecified atom stereocenters. The van der Waals surface area contributed by atoms with Gasteiger partial charge in [-0.15, -0.1) is 0 Å². The second-order valence-electron chi connectivity index (χ2n) is 3.15. The zero-order chi connectivity index (χ0) is 11.5. The number of carboxylic acid groups (broad SMARTS) is 1. The molecule has 1 aliphatic heterocycles. The average molecular weight is 224 g/mol. The van der Waals surface area contributed by atoms with Gasteiger partial charge in [0.1, 0.15) is 12.3 Å². The van der Waals surface area contributed by atoms with Gasteiger partial charge < -0.3 is 9.63 Å². The summed E-state index contributed by atoms with van der Waals surface area (Å²) in [5, 5.41) is 17.0. The second kappa shape index (κ2) is 4.09. The zero-order valence-electron chi connectivity index (χ0n) is 8.16. The third kappa shape index (κ3) is 2.05. The number of rotatable bonds is 3. The number of nitrogens with zero attached hydrogens (tertiary/aromatic N) is 4. The van der Waals surface area contributed by atoms with Crippen LogP contribution in [0, 0.1) is 0 Å². The van der Waals surface area contributed by atoms with Crippen LogP contribution >= 0.6 is 0 Å². The van der Waals surface area contributed by atoms with E-state index in [1.165, 1.54) is 0 Å². The van der Waals surface area contributed by atoms with Gasteiger partial charge in [0.05, 0.1) is 0 Å². The molecule has 84 valence electrons. The third-order valence-corrected chi connectivity index (χ3v) is 2.05. The Labute approximate surface area is 89.5 Å². The number of amides is 1. The monoisotopic (exact) mass is 224 g/mol. The standard InChI is InChI=1S/C8H8N4O4/c13-7-2-1-5(8(14)15)10-12(7)3-6-9-4-16-11-6/h4H,1-3H2,(H,14,15). The molecule has 0 fully saturated rings. The summed E-state index contributed by atoms with van der Waals surface area (Å²) in [7, 11) is 0. The summed E-state index contributed by atoms with van der Waals surface area (Å²) < 4.78 is 4.50. The lowest BCUT2D eigenvalue weighted by atomic mass is 10.2. The van der Waals surface area contributed by atoms with Crippen LogP contribution in [0.3, 0.4) is 0 Å². The van der Waals surface area contributed by atoms with E-state index in [-0.39, 0.29) is 36.8 Å². The van der Waals surface area contributed by atoms with E-state index in [9.17, 15) is 9.59 Å². The fourth-order valence-corrected chi connectivity index (χ4v) is 1.28. The highest BCUT2D eigenvalue weighted by atomic mass is 16.5. The van der Waals surface area contributed by atoms with Crippen molar-refractivity contribution in [3.8, 4) is 0 Å².